The SMILES string of the molecule is CCOC(=O)Nc1ccc(NCCCc2c[nH]c3ccccc23)nc1N.O=C(O)C=CC(=O)O. The van der Waals surface area contributed by atoms with E-state index in [1.165, 1.54) is 10.9 Å². The molecule has 7 N–H and O–H groups in total. The molecule has 0 atom stereocenters. The van der Waals surface area contributed by atoms with Crippen molar-refractivity contribution in [2.75, 3.05) is 29.5 Å². The second-order valence-electron chi connectivity index (χ2n) is 6.87. The minimum atomic E-state index is -1.26. The number of aromatic amines is 1. The monoisotopic (exact) mass is 469 g/mol. The Bertz CT molecular complexity index is 1140. The summed E-state index contributed by atoms with van der Waals surface area (Å²) in [5.41, 5.74) is 8.79. The van der Waals surface area contributed by atoms with Crippen LogP contribution in [0.15, 0.2) is 54.7 Å². The van der Waals surface area contributed by atoms with E-state index in [1.807, 2.05) is 6.07 Å². The molecule has 2 aromatic heterocycles. The highest BCUT2D eigenvalue weighted by molar-refractivity contribution is 5.89. The number of nitrogens with one attached hydrogen (secondary N) is 3. The first-order chi connectivity index (χ1) is 16.3. The Morgan fingerprint density at radius 2 is 1.82 bits per heavy atom. The van der Waals surface area contributed by atoms with E-state index in [4.69, 9.17) is 20.7 Å². The zero-order chi connectivity index (χ0) is 24.9. The Morgan fingerprint density at radius 1 is 1.12 bits per heavy atom. The number of nitrogen functional groups attached to an aromatic ring is 1. The summed E-state index contributed by atoms with van der Waals surface area (Å²) in [7, 11) is 0. The summed E-state index contributed by atoms with van der Waals surface area (Å²) in [6, 6.07) is 11.8. The maximum absolute atomic E-state index is 11.4. The fourth-order valence-electron chi connectivity index (χ4n) is 2.93. The van der Waals surface area contributed by atoms with Crippen molar-refractivity contribution in [1.29, 1.82) is 0 Å². The number of hydrogen-bond acceptors (Lipinski definition) is 7. The van der Waals surface area contributed by atoms with Crippen molar-refractivity contribution in [1.82, 2.24) is 9.97 Å². The highest BCUT2D eigenvalue weighted by Crippen LogP contribution is 2.20. The molecule has 0 aliphatic heterocycles. The fraction of sp³-hybridized carbons (Fsp3) is 0.217. The third-order valence-corrected chi connectivity index (χ3v) is 4.41. The van der Waals surface area contributed by atoms with Gasteiger partial charge in [0.1, 0.15) is 11.6 Å². The van der Waals surface area contributed by atoms with E-state index in [0.717, 1.165) is 24.9 Å². The van der Waals surface area contributed by atoms with Gasteiger partial charge in [0.25, 0.3) is 0 Å². The third kappa shape index (κ3) is 8.54. The number of aryl methyl sites for hydroxylation is 1. The number of hydrogen-bond donors (Lipinski definition) is 6. The number of carboxylic acids is 2. The van der Waals surface area contributed by atoms with Gasteiger partial charge in [0.2, 0.25) is 0 Å². The predicted molar refractivity (Wildman–Crippen MR) is 129 cm³/mol. The number of pyridine rings is 1. The van der Waals surface area contributed by atoms with Gasteiger partial charge >= 0.3 is 18.0 Å². The minimum Gasteiger partial charge on any atom is -0.478 e. The molecule has 0 aliphatic carbocycles. The number of ether oxygens (including phenoxy) is 1. The Kier molecular flexibility index (Phi) is 9.92. The summed E-state index contributed by atoms with van der Waals surface area (Å²) >= 11 is 0. The van der Waals surface area contributed by atoms with Crippen molar-refractivity contribution in [3.63, 3.8) is 0 Å². The van der Waals surface area contributed by atoms with Crippen LogP contribution in [0.1, 0.15) is 18.9 Å². The third-order valence-electron chi connectivity index (χ3n) is 4.41. The molecule has 0 unspecified atom stereocenters. The molecule has 2 heterocycles. The normalized spacial score (nSPS) is 10.4. The van der Waals surface area contributed by atoms with Gasteiger partial charge in [-0.3, -0.25) is 5.32 Å². The molecule has 1 aromatic carbocycles. The zero-order valence-electron chi connectivity index (χ0n) is 18.6. The average Bonchev–Trinajstić information content (AvgIpc) is 3.21. The van der Waals surface area contributed by atoms with E-state index >= 15 is 0 Å². The van der Waals surface area contributed by atoms with Gasteiger partial charge in [-0.25, -0.2) is 19.4 Å². The summed E-state index contributed by atoms with van der Waals surface area (Å²) in [4.78, 5) is 38.1. The highest BCUT2D eigenvalue weighted by Gasteiger charge is 2.07. The summed E-state index contributed by atoms with van der Waals surface area (Å²) in [6.45, 7) is 2.82. The maximum Gasteiger partial charge on any atom is 0.411 e. The number of H-pyrrole nitrogens is 1. The number of carbonyl (C=O) groups is 3. The number of benzene rings is 1. The number of anilines is 3. The molecule has 0 spiro atoms. The smallest absolute Gasteiger partial charge is 0.411 e. The topological polar surface area (TPSA) is 180 Å². The van der Waals surface area contributed by atoms with Crippen LogP contribution in [0.4, 0.5) is 22.1 Å². The number of amides is 1. The van der Waals surface area contributed by atoms with E-state index in [-0.39, 0.29) is 5.82 Å². The van der Waals surface area contributed by atoms with Gasteiger partial charge in [0, 0.05) is 35.8 Å². The second-order valence-corrected chi connectivity index (χ2v) is 6.87. The van der Waals surface area contributed by atoms with Crippen molar-refractivity contribution < 1.29 is 29.3 Å². The first kappa shape index (κ1) is 25.7. The molecule has 0 saturated heterocycles. The molecule has 0 radical (unpaired) electrons. The summed E-state index contributed by atoms with van der Waals surface area (Å²) in [5, 5.41) is 22.7. The number of nitrogens with zero attached hydrogens (tertiary/aromatic N) is 1. The summed E-state index contributed by atoms with van der Waals surface area (Å²) in [5.74, 6) is -1.59. The summed E-state index contributed by atoms with van der Waals surface area (Å²) < 4.78 is 4.82. The van der Waals surface area contributed by atoms with Crippen LogP contribution >= 0.6 is 0 Å². The van der Waals surface area contributed by atoms with Gasteiger partial charge in [0.05, 0.1) is 12.3 Å². The molecule has 0 bridgehead atoms. The van der Waals surface area contributed by atoms with E-state index in [2.05, 4.69) is 45.0 Å². The van der Waals surface area contributed by atoms with Crippen LogP contribution in [0.2, 0.25) is 0 Å². The lowest BCUT2D eigenvalue weighted by molar-refractivity contribution is -0.134. The molecular weight excluding hydrogens is 442 g/mol. The molecule has 11 nitrogen and oxygen atoms in total. The molecule has 3 rings (SSSR count). The number of rotatable bonds is 9. The molecule has 34 heavy (non-hydrogen) atoms. The molecular formula is C23H27N5O6. The van der Waals surface area contributed by atoms with E-state index in [1.54, 1.807) is 19.1 Å². The van der Waals surface area contributed by atoms with Gasteiger partial charge < -0.3 is 31.0 Å². The zero-order valence-corrected chi connectivity index (χ0v) is 18.6. The summed E-state index contributed by atoms with van der Waals surface area (Å²) in [6.07, 6.45) is 4.57. The largest absolute Gasteiger partial charge is 0.478 e. The van der Waals surface area contributed by atoms with Crippen LogP contribution in [0.3, 0.4) is 0 Å². The number of aliphatic carboxylic acids is 2. The van der Waals surface area contributed by atoms with Crippen LogP contribution in [-0.2, 0) is 20.7 Å². The lowest BCUT2D eigenvalue weighted by Gasteiger charge is -2.10. The molecule has 0 aliphatic rings. The standard InChI is InChI=1S/C19H23N5O2.C4H4O4/c1-2-26-19(25)23-16-9-10-17(24-18(16)20)21-11-5-6-13-12-22-15-8-4-3-7-14(13)15;5-3(6)1-2-4(7)8/h3-4,7-10,12,22H,2,5-6,11H2,1H3,(H,23,25)(H3,20,21,24);1-2H,(H,5,6)(H,7,8). The van der Waals surface area contributed by atoms with Gasteiger partial charge in [0.15, 0.2) is 0 Å². The number of para-hydroxylation sites is 1. The fourth-order valence-corrected chi connectivity index (χ4v) is 2.93. The van der Waals surface area contributed by atoms with E-state index in [0.29, 0.717) is 30.3 Å². The number of nitrogens with two attached hydrogens (primary N) is 1. The molecule has 180 valence electrons. The van der Waals surface area contributed by atoms with Crippen LogP contribution in [0, 0.1) is 0 Å². The average molecular weight is 469 g/mol. The predicted octanol–water partition coefficient (Wildman–Crippen LogP) is 3.47. The van der Waals surface area contributed by atoms with E-state index in [9.17, 15) is 14.4 Å². The van der Waals surface area contributed by atoms with Crippen molar-refractivity contribution in [3.05, 3.63) is 60.3 Å². The molecule has 1 amide bonds. The first-order valence-electron chi connectivity index (χ1n) is 10.4. The van der Waals surface area contributed by atoms with Crippen LogP contribution in [-0.4, -0.2) is 51.4 Å². The van der Waals surface area contributed by atoms with Crippen molar-refractivity contribution in [3.8, 4) is 0 Å². The molecule has 3 aromatic rings. The molecule has 0 fully saturated rings. The minimum absolute atomic E-state index is 0.250. The number of carbonyl (C=O) groups excluding carboxylic acids is 1. The van der Waals surface area contributed by atoms with Crippen LogP contribution in [0.5, 0.6) is 0 Å². The highest BCUT2D eigenvalue weighted by atomic mass is 16.5. The maximum atomic E-state index is 11.4. The van der Waals surface area contributed by atoms with Crippen LogP contribution in [0.25, 0.3) is 10.9 Å². The van der Waals surface area contributed by atoms with Crippen molar-refractivity contribution in [2.45, 2.75) is 19.8 Å². The Labute approximate surface area is 195 Å². The van der Waals surface area contributed by atoms with Crippen LogP contribution < -0.4 is 16.4 Å². The lowest BCUT2D eigenvalue weighted by Crippen LogP contribution is -2.15. The van der Waals surface area contributed by atoms with Crippen molar-refractivity contribution >= 4 is 46.3 Å². The quantitative estimate of drug-likeness (QED) is 0.202. The van der Waals surface area contributed by atoms with E-state index < -0.39 is 18.0 Å². The van der Waals surface area contributed by atoms with Gasteiger partial charge in [-0.15, -0.1) is 0 Å². The number of carboxylic acid groups (broad SMARTS) is 2. The van der Waals surface area contributed by atoms with Gasteiger partial charge in [-0.2, -0.15) is 0 Å². The van der Waals surface area contributed by atoms with Gasteiger partial charge in [-0.1, -0.05) is 18.2 Å². The molecule has 11 heteroatoms. The number of aromatic nitrogens is 2. The lowest BCUT2D eigenvalue weighted by atomic mass is 10.1. The molecule has 0 saturated carbocycles. The Hall–Kier alpha value is -4.54. The number of fused-ring (bicyclic) bond motifs is 1. The van der Waals surface area contributed by atoms with Crippen molar-refractivity contribution in [2.24, 2.45) is 0 Å². The Balaban J connectivity index is 0.000000440. The van der Waals surface area contributed by atoms with Gasteiger partial charge in [-0.05, 0) is 43.5 Å². The Morgan fingerprint density at radius 3 is 2.47 bits per heavy atom. The second kappa shape index (κ2) is 13.1. The first-order valence-corrected chi connectivity index (χ1v) is 10.4.